The minimum Gasteiger partial charge on any atom is -0.371 e. The first-order valence-electron chi connectivity index (χ1n) is 6.57. The van der Waals surface area contributed by atoms with E-state index in [0.717, 1.165) is 23.8 Å². The van der Waals surface area contributed by atoms with Crippen LogP contribution in [0, 0.1) is 17.8 Å². The zero-order valence-corrected chi connectivity index (χ0v) is 9.87. The summed E-state index contributed by atoms with van der Waals surface area (Å²) < 4.78 is 0. The fraction of sp³-hybridized carbons (Fsp3) is 0.923. The van der Waals surface area contributed by atoms with Crippen molar-refractivity contribution in [2.24, 2.45) is 22.7 Å². The molecular formula is C13H22N2. The Balaban J connectivity index is 1.61. The molecule has 2 aliphatic carbocycles. The van der Waals surface area contributed by atoms with Gasteiger partial charge in [-0.2, -0.15) is 0 Å². The highest BCUT2D eigenvalue weighted by Crippen LogP contribution is 2.44. The average molecular weight is 206 g/mol. The van der Waals surface area contributed by atoms with Crippen molar-refractivity contribution in [3.63, 3.8) is 0 Å². The molecule has 0 spiro atoms. The van der Waals surface area contributed by atoms with Crippen molar-refractivity contribution < 1.29 is 0 Å². The van der Waals surface area contributed by atoms with Gasteiger partial charge in [0.25, 0.3) is 0 Å². The molecule has 15 heavy (non-hydrogen) atoms. The summed E-state index contributed by atoms with van der Waals surface area (Å²) in [7, 11) is 0. The molecule has 0 aromatic heterocycles. The van der Waals surface area contributed by atoms with Crippen molar-refractivity contribution >= 4 is 5.84 Å². The highest BCUT2D eigenvalue weighted by molar-refractivity contribution is 5.84. The fourth-order valence-electron chi connectivity index (χ4n) is 2.72. The van der Waals surface area contributed by atoms with Gasteiger partial charge < -0.3 is 5.32 Å². The summed E-state index contributed by atoms with van der Waals surface area (Å²) in [5.74, 6) is 4.00. The van der Waals surface area contributed by atoms with Crippen molar-refractivity contribution in [2.45, 2.75) is 58.0 Å². The molecule has 1 heterocycles. The summed E-state index contributed by atoms with van der Waals surface area (Å²) in [4.78, 5) is 4.74. The van der Waals surface area contributed by atoms with Gasteiger partial charge in [-0.05, 0) is 50.4 Å². The van der Waals surface area contributed by atoms with Crippen molar-refractivity contribution in [2.75, 3.05) is 0 Å². The number of nitrogens with zero attached hydrogens (tertiary/aromatic N) is 1. The summed E-state index contributed by atoms with van der Waals surface area (Å²) in [5, 5.41) is 3.75. The lowest BCUT2D eigenvalue weighted by Gasteiger charge is -2.18. The highest BCUT2D eigenvalue weighted by Gasteiger charge is 2.42. The molecule has 84 valence electrons. The van der Waals surface area contributed by atoms with Crippen LogP contribution in [0.3, 0.4) is 0 Å². The van der Waals surface area contributed by atoms with Gasteiger partial charge in [-0.3, -0.25) is 4.99 Å². The average Bonchev–Trinajstić information content (AvgIpc) is 3.07. The summed E-state index contributed by atoms with van der Waals surface area (Å²) >= 11 is 0. The van der Waals surface area contributed by atoms with Crippen LogP contribution < -0.4 is 5.32 Å². The van der Waals surface area contributed by atoms with Gasteiger partial charge in [-0.1, -0.05) is 6.92 Å². The highest BCUT2D eigenvalue weighted by atomic mass is 15.1. The molecule has 0 amide bonds. The van der Waals surface area contributed by atoms with Crippen molar-refractivity contribution in [1.82, 2.24) is 5.32 Å². The molecule has 0 saturated heterocycles. The predicted molar refractivity (Wildman–Crippen MR) is 63.0 cm³/mol. The van der Waals surface area contributed by atoms with E-state index >= 15 is 0 Å². The number of aliphatic imine (C=N–C) groups is 1. The lowest BCUT2D eigenvalue weighted by Crippen LogP contribution is -2.37. The Morgan fingerprint density at radius 2 is 1.73 bits per heavy atom. The van der Waals surface area contributed by atoms with E-state index in [9.17, 15) is 0 Å². The predicted octanol–water partition coefficient (Wildman–Crippen LogP) is 2.59. The number of hydrogen-bond donors (Lipinski definition) is 1. The van der Waals surface area contributed by atoms with Gasteiger partial charge in [-0.25, -0.2) is 0 Å². The molecule has 1 aliphatic heterocycles. The molecule has 0 aromatic rings. The SMILES string of the molecule is C[C@@H]1N=C(NC(C2CC2)C2CC2)C[C@@H]1C. The van der Waals surface area contributed by atoms with Crippen LogP contribution in [-0.4, -0.2) is 17.9 Å². The monoisotopic (exact) mass is 206 g/mol. The second kappa shape index (κ2) is 3.50. The van der Waals surface area contributed by atoms with Crippen LogP contribution in [0.1, 0.15) is 46.0 Å². The van der Waals surface area contributed by atoms with Crippen LogP contribution >= 0.6 is 0 Å². The Morgan fingerprint density at radius 1 is 1.13 bits per heavy atom. The quantitative estimate of drug-likeness (QED) is 0.754. The third-order valence-corrected chi connectivity index (χ3v) is 4.29. The van der Waals surface area contributed by atoms with Crippen LogP contribution in [0.4, 0.5) is 0 Å². The second-order valence-corrected chi connectivity index (χ2v) is 5.84. The maximum Gasteiger partial charge on any atom is 0.0972 e. The Labute approximate surface area is 92.5 Å². The van der Waals surface area contributed by atoms with Crippen LogP contribution in [0.5, 0.6) is 0 Å². The van der Waals surface area contributed by atoms with Gasteiger partial charge in [0.05, 0.1) is 11.9 Å². The number of amidine groups is 1. The first-order valence-corrected chi connectivity index (χ1v) is 6.57. The molecule has 2 saturated carbocycles. The smallest absolute Gasteiger partial charge is 0.0972 e. The molecule has 2 atom stereocenters. The second-order valence-electron chi connectivity index (χ2n) is 5.84. The molecule has 0 unspecified atom stereocenters. The summed E-state index contributed by atoms with van der Waals surface area (Å²) in [6.45, 7) is 4.55. The van der Waals surface area contributed by atoms with Crippen LogP contribution in [-0.2, 0) is 0 Å². The van der Waals surface area contributed by atoms with Gasteiger partial charge in [0.15, 0.2) is 0 Å². The Bertz CT molecular complexity index is 264. The van der Waals surface area contributed by atoms with Crippen molar-refractivity contribution in [1.29, 1.82) is 0 Å². The van der Waals surface area contributed by atoms with Gasteiger partial charge >= 0.3 is 0 Å². The van der Waals surface area contributed by atoms with Gasteiger partial charge in [0.2, 0.25) is 0 Å². The zero-order valence-electron chi connectivity index (χ0n) is 9.87. The topological polar surface area (TPSA) is 24.4 Å². The third kappa shape index (κ3) is 2.04. The largest absolute Gasteiger partial charge is 0.371 e. The molecule has 1 N–H and O–H groups in total. The number of rotatable bonds is 3. The van der Waals surface area contributed by atoms with E-state index in [-0.39, 0.29) is 0 Å². The molecular weight excluding hydrogens is 184 g/mol. The molecule has 0 bridgehead atoms. The Hall–Kier alpha value is -0.530. The molecule has 3 rings (SSSR count). The first-order chi connectivity index (χ1) is 7.24. The number of hydrogen-bond acceptors (Lipinski definition) is 2. The van der Waals surface area contributed by atoms with Crippen LogP contribution in [0.15, 0.2) is 4.99 Å². The molecule has 0 radical (unpaired) electrons. The minimum atomic E-state index is 0.534. The maximum atomic E-state index is 4.74. The standard InChI is InChI=1S/C13H22N2/c1-8-7-12(14-9(8)2)15-13(10-3-4-10)11-5-6-11/h8-11,13H,3-7H2,1-2H3,(H,14,15)/t8-,9-/m0/s1. The minimum absolute atomic E-state index is 0.534. The summed E-state index contributed by atoms with van der Waals surface area (Å²) in [5.41, 5.74) is 0. The normalized spacial score (nSPS) is 35.8. The molecule has 0 aromatic carbocycles. The third-order valence-electron chi connectivity index (χ3n) is 4.29. The first kappa shape index (κ1) is 9.68. The lowest BCUT2D eigenvalue weighted by atomic mass is 10.0. The summed E-state index contributed by atoms with van der Waals surface area (Å²) in [6.07, 6.45) is 6.98. The van der Waals surface area contributed by atoms with Gasteiger partial charge in [0.1, 0.15) is 0 Å². The van der Waals surface area contributed by atoms with E-state index in [2.05, 4.69) is 19.2 Å². The Kier molecular flexibility index (Phi) is 2.26. The van der Waals surface area contributed by atoms with E-state index in [4.69, 9.17) is 4.99 Å². The summed E-state index contributed by atoms with van der Waals surface area (Å²) in [6, 6.07) is 1.31. The van der Waals surface area contributed by atoms with E-state index < -0.39 is 0 Å². The van der Waals surface area contributed by atoms with E-state index in [1.54, 1.807) is 0 Å². The van der Waals surface area contributed by atoms with Gasteiger partial charge in [0, 0.05) is 12.5 Å². The maximum absolute atomic E-state index is 4.74. The lowest BCUT2D eigenvalue weighted by molar-refractivity contribution is 0.477. The fourth-order valence-corrected chi connectivity index (χ4v) is 2.72. The zero-order chi connectivity index (χ0) is 10.4. The van der Waals surface area contributed by atoms with Crippen molar-refractivity contribution in [3.8, 4) is 0 Å². The van der Waals surface area contributed by atoms with Crippen LogP contribution in [0.2, 0.25) is 0 Å². The van der Waals surface area contributed by atoms with Gasteiger partial charge in [-0.15, -0.1) is 0 Å². The van der Waals surface area contributed by atoms with E-state index in [0.29, 0.717) is 6.04 Å². The van der Waals surface area contributed by atoms with E-state index in [1.165, 1.54) is 37.9 Å². The van der Waals surface area contributed by atoms with E-state index in [1.807, 2.05) is 0 Å². The number of nitrogens with one attached hydrogen (secondary N) is 1. The molecule has 2 heteroatoms. The Morgan fingerprint density at radius 3 is 2.13 bits per heavy atom. The molecule has 2 fully saturated rings. The van der Waals surface area contributed by atoms with Crippen LogP contribution in [0.25, 0.3) is 0 Å². The molecule has 2 nitrogen and oxygen atoms in total. The van der Waals surface area contributed by atoms with Crippen molar-refractivity contribution in [3.05, 3.63) is 0 Å². The molecule has 3 aliphatic rings.